The second-order valence-corrected chi connectivity index (χ2v) is 7.74. The van der Waals surface area contributed by atoms with E-state index in [0.29, 0.717) is 19.4 Å². The molecule has 4 N–H and O–H groups in total. The van der Waals surface area contributed by atoms with Crippen molar-refractivity contribution < 1.29 is 36.8 Å². The molecule has 0 aliphatic carbocycles. The second-order valence-electron chi connectivity index (χ2n) is 7.74. The summed E-state index contributed by atoms with van der Waals surface area (Å²) in [5, 5.41) is 4.40. The number of fused-ring (bicyclic) bond motifs is 1. The molecule has 0 spiro atoms. The molecule has 1 aromatic heterocycles. The highest BCUT2D eigenvalue weighted by molar-refractivity contribution is 5.99. The van der Waals surface area contributed by atoms with Gasteiger partial charge in [-0.15, -0.1) is 0 Å². The summed E-state index contributed by atoms with van der Waals surface area (Å²) in [6.07, 6.45) is -5.01. The second kappa shape index (κ2) is 9.53. The summed E-state index contributed by atoms with van der Waals surface area (Å²) >= 11 is 0. The van der Waals surface area contributed by atoms with Crippen LogP contribution >= 0.6 is 0 Å². The third-order valence-corrected chi connectivity index (χ3v) is 5.27. The maximum absolute atomic E-state index is 13.7. The van der Waals surface area contributed by atoms with Crippen LogP contribution < -0.4 is 22.0 Å². The summed E-state index contributed by atoms with van der Waals surface area (Å²) in [6.45, 7) is 1.29. The van der Waals surface area contributed by atoms with Crippen LogP contribution in [-0.4, -0.2) is 47.7 Å². The highest BCUT2D eigenvalue weighted by atomic mass is 19.4. The molecule has 1 saturated heterocycles. The Kier molecular flexibility index (Phi) is 6.93. The number of nitrogens with two attached hydrogens (primary N) is 1. The number of likely N-dealkylation sites (tertiary alicyclic amines) is 1. The van der Waals surface area contributed by atoms with Crippen LogP contribution in [0.15, 0.2) is 27.4 Å². The Labute approximate surface area is 190 Å². The van der Waals surface area contributed by atoms with Crippen molar-refractivity contribution in [2.24, 2.45) is 5.73 Å². The number of hydrogen-bond acceptors (Lipinski definition) is 6. The molecule has 10 nitrogen and oxygen atoms in total. The minimum atomic E-state index is -4.97. The summed E-state index contributed by atoms with van der Waals surface area (Å²) in [4.78, 5) is 60.7. The molecule has 182 valence electrons. The number of carbonyl (C=O) groups excluding carboxylic acids is 4. The van der Waals surface area contributed by atoms with Crippen molar-refractivity contribution in [3.05, 3.63) is 39.7 Å². The molecule has 1 fully saturated rings. The van der Waals surface area contributed by atoms with Crippen molar-refractivity contribution in [3.8, 4) is 0 Å². The average molecular weight is 482 g/mol. The van der Waals surface area contributed by atoms with Gasteiger partial charge < -0.3 is 25.7 Å². The molecule has 1 atom stereocenters. The van der Waals surface area contributed by atoms with E-state index in [9.17, 15) is 37.1 Å². The van der Waals surface area contributed by atoms with E-state index in [0.717, 1.165) is 12.1 Å². The maximum atomic E-state index is 13.7. The Hall–Kier alpha value is -3.90. The molecule has 0 saturated carbocycles. The maximum Gasteiger partial charge on any atom is 0.417 e. The van der Waals surface area contributed by atoms with Gasteiger partial charge in [0.1, 0.15) is 11.6 Å². The Bertz CT molecular complexity index is 1220. The molecule has 4 amide bonds. The first-order valence-corrected chi connectivity index (χ1v) is 10.2. The van der Waals surface area contributed by atoms with Crippen LogP contribution in [0.1, 0.15) is 30.9 Å². The molecule has 0 bridgehead atoms. The van der Waals surface area contributed by atoms with Gasteiger partial charge in [-0.05, 0) is 25.0 Å². The molecular formula is C21H21F3N4O6. The number of nitrogens with zero attached hydrogens (tertiary/aromatic N) is 1. The zero-order chi connectivity index (χ0) is 25.2. The van der Waals surface area contributed by atoms with Crippen LogP contribution in [0, 0.1) is 0 Å². The first-order chi connectivity index (χ1) is 15.9. The van der Waals surface area contributed by atoms with Gasteiger partial charge in [0.15, 0.2) is 0 Å². The number of carbonyl (C=O) groups is 4. The Morgan fingerprint density at radius 1 is 1.24 bits per heavy atom. The van der Waals surface area contributed by atoms with E-state index in [4.69, 9.17) is 10.2 Å². The normalized spacial score (nSPS) is 15.9. The summed E-state index contributed by atoms with van der Waals surface area (Å²) in [6, 6.07) is 2.40. The molecule has 3 rings (SSSR count). The van der Waals surface area contributed by atoms with E-state index < -0.39 is 70.0 Å². The molecule has 1 aliphatic rings. The number of halogens is 3. The number of alkyl halides is 3. The molecule has 1 aliphatic heterocycles. The average Bonchev–Trinajstić information content (AvgIpc) is 3.21. The summed E-state index contributed by atoms with van der Waals surface area (Å²) < 4.78 is 46.0. The van der Waals surface area contributed by atoms with Crippen molar-refractivity contribution in [2.45, 2.75) is 38.4 Å². The SMILES string of the molecule is CC(=O)NCC(=O)N1CCCC1C(=O)Nc1ccc2c(C(F)(F)F)c(CC(N)=O)c(=O)oc2c1. The molecule has 2 heterocycles. The smallest absolute Gasteiger partial charge is 0.417 e. The van der Waals surface area contributed by atoms with Gasteiger partial charge in [-0.1, -0.05) is 0 Å². The monoisotopic (exact) mass is 482 g/mol. The van der Waals surface area contributed by atoms with E-state index in [-0.39, 0.29) is 12.2 Å². The minimum absolute atomic E-state index is 0.0394. The quantitative estimate of drug-likeness (QED) is 0.521. The summed E-state index contributed by atoms with van der Waals surface area (Å²) in [5.74, 6) is -2.57. The van der Waals surface area contributed by atoms with Crippen molar-refractivity contribution in [2.75, 3.05) is 18.4 Å². The Balaban J connectivity index is 1.89. The van der Waals surface area contributed by atoms with E-state index in [1.165, 1.54) is 17.9 Å². The van der Waals surface area contributed by atoms with Gasteiger partial charge in [0.05, 0.1) is 24.1 Å². The largest absolute Gasteiger partial charge is 0.422 e. The highest BCUT2D eigenvalue weighted by Crippen LogP contribution is 2.37. The molecule has 1 aromatic carbocycles. The number of benzene rings is 1. The van der Waals surface area contributed by atoms with Crippen LogP contribution in [-0.2, 0) is 31.8 Å². The van der Waals surface area contributed by atoms with E-state index >= 15 is 0 Å². The number of amides is 4. The van der Waals surface area contributed by atoms with Crippen LogP contribution in [0.5, 0.6) is 0 Å². The predicted molar refractivity (Wildman–Crippen MR) is 112 cm³/mol. The zero-order valence-electron chi connectivity index (χ0n) is 18.0. The number of rotatable bonds is 6. The first kappa shape index (κ1) is 24.7. The lowest BCUT2D eigenvalue weighted by Crippen LogP contribution is -2.46. The fourth-order valence-corrected chi connectivity index (χ4v) is 3.84. The molecule has 34 heavy (non-hydrogen) atoms. The van der Waals surface area contributed by atoms with Gasteiger partial charge in [-0.2, -0.15) is 13.2 Å². The minimum Gasteiger partial charge on any atom is -0.422 e. The Morgan fingerprint density at radius 2 is 1.94 bits per heavy atom. The van der Waals surface area contributed by atoms with Gasteiger partial charge in [-0.25, -0.2) is 4.79 Å². The molecule has 13 heteroatoms. The van der Waals surface area contributed by atoms with Gasteiger partial charge in [0, 0.05) is 30.6 Å². The van der Waals surface area contributed by atoms with Crippen LogP contribution in [0.4, 0.5) is 18.9 Å². The van der Waals surface area contributed by atoms with Crippen molar-refractivity contribution >= 4 is 40.3 Å². The van der Waals surface area contributed by atoms with Crippen LogP contribution in [0.25, 0.3) is 11.0 Å². The fourth-order valence-electron chi connectivity index (χ4n) is 3.84. The lowest BCUT2D eigenvalue weighted by molar-refractivity contribution is -0.137. The molecule has 0 radical (unpaired) electrons. The standard InChI is InChI=1S/C21H21F3N4O6/c1-10(29)26-9-17(31)28-6-2-3-14(28)19(32)27-11-4-5-12-15(7-11)34-20(33)13(8-16(25)30)18(12)21(22,23)24/h4-5,7,14H,2-3,6,8-9H2,1H3,(H2,25,30)(H,26,29)(H,27,32). The lowest BCUT2D eigenvalue weighted by Gasteiger charge is -2.24. The van der Waals surface area contributed by atoms with E-state index in [1.54, 1.807) is 0 Å². The molecule has 2 aromatic rings. The van der Waals surface area contributed by atoms with E-state index in [2.05, 4.69) is 10.6 Å². The molecular weight excluding hydrogens is 461 g/mol. The fraction of sp³-hybridized carbons (Fsp3) is 0.381. The first-order valence-electron chi connectivity index (χ1n) is 10.2. The van der Waals surface area contributed by atoms with Crippen molar-refractivity contribution in [3.63, 3.8) is 0 Å². The third-order valence-electron chi connectivity index (χ3n) is 5.27. The lowest BCUT2D eigenvalue weighted by atomic mass is 10.0. The third kappa shape index (κ3) is 5.35. The van der Waals surface area contributed by atoms with Gasteiger partial charge >= 0.3 is 11.8 Å². The predicted octanol–water partition coefficient (Wildman–Crippen LogP) is 0.905. The van der Waals surface area contributed by atoms with Gasteiger partial charge in [-0.3, -0.25) is 19.2 Å². The topological polar surface area (TPSA) is 152 Å². The van der Waals surface area contributed by atoms with Gasteiger partial charge in [0.25, 0.3) is 0 Å². The van der Waals surface area contributed by atoms with Gasteiger partial charge in [0.2, 0.25) is 23.6 Å². The summed E-state index contributed by atoms with van der Waals surface area (Å²) in [5.41, 5.74) is 0.961. The number of nitrogens with one attached hydrogen (secondary N) is 2. The zero-order valence-corrected chi connectivity index (χ0v) is 18.0. The number of hydrogen-bond donors (Lipinski definition) is 3. The number of primary amides is 1. The Morgan fingerprint density at radius 3 is 2.56 bits per heavy atom. The number of anilines is 1. The van der Waals surface area contributed by atoms with E-state index in [1.807, 2.05) is 0 Å². The molecule has 1 unspecified atom stereocenters. The van der Waals surface area contributed by atoms with Crippen LogP contribution in [0.3, 0.4) is 0 Å². The summed E-state index contributed by atoms with van der Waals surface area (Å²) in [7, 11) is 0. The van der Waals surface area contributed by atoms with Crippen molar-refractivity contribution in [1.29, 1.82) is 0 Å². The van der Waals surface area contributed by atoms with Crippen LogP contribution in [0.2, 0.25) is 0 Å². The highest BCUT2D eigenvalue weighted by Gasteiger charge is 2.38. The van der Waals surface area contributed by atoms with Crippen molar-refractivity contribution in [1.82, 2.24) is 10.2 Å².